The predicted molar refractivity (Wildman–Crippen MR) is 34.4 cm³/mol. The van der Waals surface area contributed by atoms with Crippen molar-refractivity contribution in [2.75, 3.05) is 0 Å². The van der Waals surface area contributed by atoms with E-state index in [2.05, 4.69) is 8.67 Å². The summed E-state index contributed by atoms with van der Waals surface area (Å²) in [5, 5.41) is 9.00. The molecule has 0 saturated carbocycles. The molecular formula is H2KNO10S2. The maximum atomic E-state index is 9.51. The molecule has 0 aromatic heterocycles. The Kier molecular flexibility index (Phi) is 13.1. The molecule has 0 saturated heterocycles. The molecule has 2 N–H and O–H groups in total. The normalized spacial score (nSPS) is 10.4. The maximum Gasteiger partial charge on any atom is 1.00 e. The smallest absolute Gasteiger partial charge is 0.444 e. The van der Waals surface area contributed by atoms with Crippen LogP contribution >= 0.6 is 0 Å². The molecule has 0 aromatic rings. The van der Waals surface area contributed by atoms with Crippen molar-refractivity contribution in [2.24, 2.45) is 5.34 Å². The molecule has 11 nitrogen and oxygen atoms in total. The topological polar surface area (TPSA) is 180 Å². The fourth-order valence-electron chi connectivity index (χ4n) is 0.0702. The zero-order chi connectivity index (χ0) is 11.1. The number of hydrogen-bond acceptors (Lipinski definition) is 9. The van der Waals surface area contributed by atoms with Gasteiger partial charge in [-0.25, -0.2) is 0 Å². The Morgan fingerprint density at radius 1 is 1.00 bits per heavy atom. The molecule has 0 aliphatic carbocycles. The van der Waals surface area contributed by atoms with E-state index in [-0.39, 0.29) is 51.4 Å². The second kappa shape index (κ2) is 9.04. The second-order valence-electron chi connectivity index (χ2n) is 1.07. The van der Waals surface area contributed by atoms with Crippen LogP contribution in [-0.4, -0.2) is 25.9 Å². The molecule has 0 aliphatic heterocycles. The maximum absolute atomic E-state index is 9.51. The average molecular weight is 279 g/mol. The van der Waals surface area contributed by atoms with Gasteiger partial charge in [0.2, 0.25) is 0 Å². The Labute approximate surface area is 121 Å². The van der Waals surface area contributed by atoms with Gasteiger partial charge in [-0.05, 0) is 0 Å². The van der Waals surface area contributed by atoms with Crippen LogP contribution in [0.15, 0.2) is 5.34 Å². The zero-order valence-corrected chi connectivity index (χ0v) is 11.2. The van der Waals surface area contributed by atoms with Gasteiger partial charge in [0, 0.05) is 0 Å². The molecule has 0 radical (unpaired) electrons. The minimum absolute atomic E-state index is 0. The molecule has 0 bridgehead atoms. The molecule has 0 unspecified atom stereocenters. The number of rotatable bonds is 3. The van der Waals surface area contributed by atoms with Crippen LogP contribution in [0.2, 0.25) is 0 Å². The van der Waals surface area contributed by atoms with Crippen molar-refractivity contribution in [3.05, 3.63) is 10.1 Å². The predicted octanol–water partition coefficient (Wildman–Crippen LogP) is -4.21. The van der Waals surface area contributed by atoms with Crippen molar-refractivity contribution in [3.63, 3.8) is 0 Å². The fourth-order valence-corrected chi connectivity index (χ4v) is 0.632. The van der Waals surface area contributed by atoms with Gasteiger partial charge in [-0.1, -0.05) is 8.67 Å². The van der Waals surface area contributed by atoms with Crippen molar-refractivity contribution in [2.45, 2.75) is 0 Å². The molecule has 0 heterocycles. The van der Waals surface area contributed by atoms with Crippen LogP contribution < -0.4 is 51.4 Å². The molecule has 14 heteroatoms. The van der Waals surface area contributed by atoms with Crippen molar-refractivity contribution in [1.82, 2.24) is 0 Å². The number of nitrogens with zero attached hydrogens (tertiary/aromatic N) is 1. The minimum atomic E-state index is -5.02. The van der Waals surface area contributed by atoms with Gasteiger partial charge in [0.15, 0.2) is 0 Å². The first kappa shape index (κ1) is 20.2. The summed E-state index contributed by atoms with van der Waals surface area (Å²) < 4.78 is 58.9. The molecule has 0 atom stereocenters. The summed E-state index contributed by atoms with van der Waals surface area (Å²) in [4.78, 5) is 8.00. The van der Waals surface area contributed by atoms with Crippen molar-refractivity contribution in [3.8, 4) is 0 Å². The van der Waals surface area contributed by atoms with Crippen LogP contribution in [0.4, 0.5) is 0 Å². The average Bonchev–Trinajstić information content (AvgIpc) is 1.82. The summed E-state index contributed by atoms with van der Waals surface area (Å²) in [6.45, 7) is 0. The standard InChI is InChI=1S/K.HNO2.H2O8S2/c;2-1-3;1-9(2,3)7-8-10(4,5)6/h;(H,2,3);(H,1,2,3)(H,4,5,6)/q+1;;/p-1. The van der Waals surface area contributed by atoms with Gasteiger partial charge in [0.05, 0.1) is 0 Å². The van der Waals surface area contributed by atoms with E-state index in [1.54, 1.807) is 0 Å². The zero-order valence-electron chi connectivity index (χ0n) is 6.42. The quantitative estimate of drug-likeness (QED) is 0.169. The fraction of sp³-hybridized carbons (Fsp3) is 0. The minimum Gasteiger partial charge on any atom is -0.444 e. The monoisotopic (exact) mass is 279 g/mol. The van der Waals surface area contributed by atoms with E-state index in [4.69, 9.17) is 19.2 Å². The Morgan fingerprint density at radius 3 is 1.21 bits per heavy atom. The van der Waals surface area contributed by atoms with E-state index >= 15 is 0 Å². The van der Waals surface area contributed by atoms with Crippen LogP contribution in [0.25, 0.3) is 0 Å². The van der Waals surface area contributed by atoms with Crippen molar-refractivity contribution >= 4 is 20.8 Å². The van der Waals surface area contributed by atoms with Gasteiger partial charge in [0.25, 0.3) is 0 Å². The summed E-state index contributed by atoms with van der Waals surface area (Å²) in [5.74, 6) is 0. The van der Waals surface area contributed by atoms with Crippen LogP contribution in [-0.2, 0) is 29.5 Å². The van der Waals surface area contributed by atoms with Gasteiger partial charge in [0.1, 0.15) is 0 Å². The molecule has 14 heavy (non-hydrogen) atoms. The van der Waals surface area contributed by atoms with E-state index < -0.39 is 20.8 Å². The second-order valence-corrected chi connectivity index (χ2v) is 3.05. The van der Waals surface area contributed by atoms with Gasteiger partial charge < -0.3 is 10.1 Å². The molecule has 0 spiro atoms. The number of hydrogen-bond donors (Lipinski definition) is 2. The Bertz CT molecular complexity index is 291. The summed E-state index contributed by atoms with van der Waals surface area (Å²) in [7, 11) is -10.0. The van der Waals surface area contributed by atoms with Gasteiger partial charge in [-0.2, -0.15) is 16.8 Å². The largest absolute Gasteiger partial charge is 1.00 e. The first-order valence-corrected chi connectivity index (χ1v) is 4.63. The van der Waals surface area contributed by atoms with Crippen LogP contribution in [0.3, 0.4) is 0 Å². The third-order valence-electron chi connectivity index (χ3n) is 0.200. The van der Waals surface area contributed by atoms with E-state index in [0.717, 1.165) is 5.34 Å². The van der Waals surface area contributed by atoms with Crippen molar-refractivity contribution in [1.29, 1.82) is 0 Å². The van der Waals surface area contributed by atoms with E-state index in [9.17, 15) is 16.8 Å². The molecule has 0 fully saturated rings. The first-order chi connectivity index (χ1) is 5.62. The van der Waals surface area contributed by atoms with Gasteiger partial charge in [-0.15, -0.1) is 5.34 Å². The van der Waals surface area contributed by atoms with E-state index in [0.29, 0.717) is 0 Å². The molecule has 80 valence electrons. The molecule has 0 rings (SSSR count). The molecule has 0 aliphatic rings. The van der Waals surface area contributed by atoms with Crippen LogP contribution in [0, 0.1) is 10.1 Å². The van der Waals surface area contributed by atoms with Gasteiger partial charge in [-0.3, -0.25) is 9.11 Å². The summed E-state index contributed by atoms with van der Waals surface area (Å²) in [6, 6.07) is 0. The molecule has 0 amide bonds. The van der Waals surface area contributed by atoms with Crippen molar-refractivity contribution < 1.29 is 86.0 Å². The summed E-state index contributed by atoms with van der Waals surface area (Å²) in [6.07, 6.45) is 0. The first-order valence-electron chi connectivity index (χ1n) is 1.90. The Hall–Kier alpha value is 0.776. The van der Waals surface area contributed by atoms with Crippen LogP contribution in [0.5, 0.6) is 0 Å². The van der Waals surface area contributed by atoms with E-state index in [1.165, 1.54) is 0 Å². The van der Waals surface area contributed by atoms with Crippen LogP contribution in [0.1, 0.15) is 0 Å². The Morgan fingerprint density at radius 2 is 1.14 bits per heavy atom. The van der Waals surface area contributed by atoms with E-state index in [1.807, 2.05) is 0 Å². The Balaban J connectivity index is -0.000000267. The third-order valence-corrected chi connectivity index (χ3v) is 0.766. The van der Waals surface area contributed by atoms with Gasteiger partial charge >= 0.3 is 72.2 Å². The third kappa shape index (κ3) is 29.3. The SMILES string of the molecule is O=N[O-].O=S(=O)(O)OOS(=O)(=O)O.[K+]. The summed E-state index contributed by atoms with van der Waals surface area (Å²) in [5.41, 5.74) is 0. The molecule has 0 aromatic carbocycles. The molecular weight excluding hydrogens is 277 g/mol. The summed E-state index contributed by atoms with van der Waals surface area (Å²) >= 11 is 0.